The van der Waals surface area contributed by atoms with Crippen LogP contribution in [0.25, 0.3) is 0 Å². The molecule has 1 saturated heterocycles. The number of likely N-dealkylation sites (tertiary alicyclic amines) is 1. The number of non-ortho nitro benzene ring substituents is 2. The number of benzene rings is 2. The van der Waals surface area contributed by atoms with E-state index < -0.39 is 22.0 Å². The van der Waals surface area contributed by atoms with Gasteiger partial charge in [-0.1, -0.05) is 0 Å². The second-order valence-electron chi connectivity index (χ2n) is 8.18. The molecule has 0 unspecified atom stereocenters. The van der Waals surface area contributed by atoms with Gasteiger partial charge in [0.15, 0.2) is 0 Å². The molecule has 1 heterocycles. The van der Waals surface area contributed by atoms with E-state index in [2.05, 4.69) is 17.9 Å². The van der Waals surface area contributed by atoms with Crippen LogP contribution in [-0.2, 0) is 27.4 Å². The number of nitrogens with one attached hydrogen (secondary N) is 1. The van der Waals surface area contributed by atoms with Gasteiger partial charge in [0.2, 0.25) is 0 Å². The number of amides is 2. The highest BCUT2D eigenvalue weighted by Gasteiger charge is 2.34. The Hall–Kier alpha value is -3.91. The number of nitrogens with zero attached hydrogens (tertiary/aromatic N) is 3. The molecule has 2 aromatic rings. The standard InChI is InChI=1S/C23H26N4O9S/c28-22(35-13-16-1-5-18(6-2-16)26(30)31)24-9-10-34-15-20-11-21(37)12-25(20)23(29)36-14-17-3-7-19(8-4-17)27(32)33/h1-8,20-21,37H,9-15H2,(H,24,28)/t20-,21-/m0/s1. The topological polar surface area (TPSA) is 163 Å². The van der Waals surface area contributed by atoms with Gasteiger partial charge in [-0.3, -0.25) is 20.2 Å². The highest BCUT2D eigenvalue weighted by Crippen LogP contribution is 2.23. The Kier molecular flexibility index (Phi) is 10.0. The molecule has 0 radical (unpaired) electrons. The summed E-state index contributed by atoms with van der Waals surface area (Å²) in [5.74, 6) is 0. The van der Waals surface area contributed by atoms with Crippen molar-refractivity contribution in [3.8, 4) is 0 Å². The Labute approximate surface area is 217 Å². The molecule has 13 nitrogen and oxygen atoms in total. The molecule has 37 heavy (non-hydrogen) atoms. The maximum absolute atomic E-state index is 12.6. The van der Waals surface area contributed by atoms with Crippen LogP contribution in [0, 0.1) is 20.2 Å². The average molecular weight is 535 g/mol. The molecule has 14 heteroatoms. The Bertz CT molecular complexity index is 1100. The zero-order chi connectivity index (χ0) is 26.8. The number of rotatable bonds is 11. The molecular weight excluding hydrogens is 508 g/mol. The van der Waals surface area contributed by atoms with E-state index in [0.29, 0.717) is 24.1 Å². The lowest BCUT2D eigenvalue weighted by Crippen LogP contribution is -2.39. The van der Waals surface area contributed by atoms with Crippen LogP contribution in [0.3, 0.4) is 0 Å². The zero-order valence-corrected chi connectivity index (χ0v) is 20.6. The number of carbonyl (C=O) groups is 2. The number of nitro benzene ring substituents is 2. The lowest BCUT2D eigenvalue weighted by Gasteiger charge is -2.23. The molecule has 2 amide bonds. The summed E-state index contributed by atoms with van der Waals surface area (Å²) in [5, 5.41) is 23.9. The predicted molar refractivity (Wildman–Crippen MR) is 133 cm³/mol. The van der Waals surface area contributed by atoms with E-state index in [-0.39, 0.29) is 55.6 Å². The maximum atomic E-state index is 12.6. The van der Waals surface area contributed by atoms with Gasteiger partial charge < -0.3 is 24.4 Å². The van der Waals surface area contributed by atoms with Crippen LogP contribution >= 0.6 is 12.6 Å². The summed E-state index contributed by atoms with van der Waals surface area (Å²) < 4.78 is 16.0. The summed E-state index contributed by atoms with van der Waals surface area (Å²) in [7, 11) is 0. The summed E-state index contributed by atoms with van der Waals surface area (Å²) in [4.78, 5) is 46.3. The Morgan fingerprint density at radius 2 is 1.49 bits per heavy atom. The molecule has 3 rings (SSSR count). The van der Waals surface area contributed by atoms with Crippen molar-refractivity contribution in [1.29, 1.82) is 0 Å². The van der Waals surface area contributed by atoms with E-state index in [1.807, 2.05) is 0 Å². The van der Waals surface area contributed by atoms with Gasteiger partial charge >= 0.3 is 12.2 Å². The average Bonchev–Trinajstić information content (AvgIpc) is 3.26. The molecule has 1 aliphatic heterocycles. The molecule has 1 fully saturated rings. The quantitative estimate of drug-likeness (QED) is 0.190. The predicted octanol–water partition coefficient (Wildman–Crippen LogP) is 3.46. The molecule has 0 saturated carbocycles. The fraction of sp³-hybridized carbons (Fsp3) is 0.391. The van der Waals surface area contributed by atoms with Crippen molar-refractivity contribution in [2.45, 2.75) is 30.9 Å². The lowest BCUT2D eigenvalue weighted by atomic mass is 10.2. The van der Waals surface area contributed by atoms with Crippen LogP contribution < -0.4 is 5.32 Å². The second-order valence-corrected chi connectivity index (χ2v) is 8.91. The van der Waals surface area contributed by atoms with E-state index in [1.165, 1.54) is 53.4 Å². The fourth-order valence-electron chi connectivity index (χ4n) is 3.57. The van der Waals surface area contributed by atoms with Crippen molar-refractivity contribution in [2.24, 2.45) is 0 Å². The molecule has 198 valence electrons. The van der Waals surface area contributed by atoms with E-state index in [4.69, 9.17) is 14.2 Å². The van der Waals surface area contributed by atoms with E-state index in [9.17, 15) is 29.8 Å². The Morgan fingerprint density at radius 1 is 0.946 bits per heavy atom. The molecule has 2 aromatic carbocycles. The lowest BCUT2D eigenvalue weighted by molar-refractivity contribution is -0.385. The second kappa shape index (κ2) is 13.4. The van der Waals surface area contributed by atoms with Crippen molar-refractivity contribution in [1.82, 2.24) is 10.2 Å². The first-order valence-corrected chi connectivity index (χ1v) is 11.8. The van der Waals surface area contributed by atoms with Gasteiger partial charge in [-0.15, -0.1) is 0 Å². The minimum atomic E-state index is -0.658. The SMILES string of the molecule is O=C(NCCOC[C@@H]1C[C@H](S)CN1C(=O)OCc1ccc([N+](=O)[O-])cc1)OCc1ccc([N+](=O)[O-])cc1. The minimum absolute atomic E-state index is 0.0238. The van der Waals surface area contributed by atoms with Crippen molar-refractivity contribution in [3.05, 3.63) is 79.9 Å². The van der Waals surface area contributed by atoms with Crippen molar-refractivity contribution in [2.75, 3.05) is 26.3 Å². The van der Waals surface area contributed by atoms with E-state index in [0.717, 1.165) is 0 Å². The Balaban J connectivity index is 1.33. The van der Waals surface area contributed by atoms with Crippen LogP contribution in [0.5, 0.6) is 0 Å². The highest BCUT2D eigenvalue weighted by atomic mass is 32.1. The van der Waals surface area contributed by atoms with Gasteiger partial charge in [0.25, 0.3) is 11.4 Å². The smallest absolute Gasteiger partial charge is 0.410 e. The van der Waals surface area contributed by atoms with Crippen LogP contribution in [0.1, 0.15) is 17.5 Å². The first-order chi connectivity index (χ1) is 17.7. The number of ether oxygens (including phenoxy) is 3. The van der Waals surface area contributed by atoms with Gasteiger partial charge in [0, 0.05) is 42.6 Å². The number of hydrogen-bond acceptors (Lipinski definition) is 10. The number of hydrogen-bond donors (Lipinski definition) is 2. The first kappa shape index (κ1) is 27.7. The fourth-order valence-corrected chi connectivity index (χ4v) is 3.99. The molecule has 0 aliphatic carbocycles. The first-order valence-electron chi connectivity index (χ1n) is 11.3. The zero-order valence-electron chi connectivity index (χ0n) is 19.7. The minimum Gasteiger partial charge on any atom is -0.445 e. The van der Waals surface area contributed by atoms with Crippen LogP contribution in [0.2, 0.25) is 0 Å². The number of nitro groups is 2. The molecule has 0 bridgehead atoms. The van der Waals surface area contributed by atoms with Crippen LogP contribution in [0.4, 0.5) is 21.0 Å². The monoisotopic (exact) mass is 534 g/mol. The third-order valence-corrected chi connectivity index (χ3v) is 5.85. The number of alkyl carbamates (subject to hydrolysis) is 1. The van der Waals surface area contributed by atoms with E-state index >= 15 is 0 Å². The summed E-state index contributed by atoms with van der Waals surface area (Å²) in [5.41, 5.74) is 1.14. The molecule has 0 spiro atoms. The third-order valence-electron chi connectivity index (χ3n) is 5.48. The largest absolute Gasteiger partial charge is 0.445 e. The van der Waals surface area contributed by atoms with Gasteiger partial charge in [-0.2, -0.15) is 12.6 Å². The van der Waals surface area contributed by atoms with Gasteiger partial charge in [0.1, 0.15) is 13.2 Å². The van der Waals surface area contributed by atoms with Crippen molar-refractivity contribution < 1.29 is 33.6 Å². The van der Waals surface area contributed by atoms with Gasteiger partial charge in [-0.25, -0.2) is 9.59 Å². The molecule has 1 aliphatic rings. The molecule has 2 atom stereocenters. The van der Waals surface area contributed by atoms with Gasteiger partial charge in [0.05, 0.1) is 29.1 Å². The van der Waals surface area contributed by atoms with Gasteiger partial charge in [-0.05, 0) is 41.8 Å². The maximum Gasteiger partial charge on any atom is 0.410 e. The summed E-state index contributed by atoms with van der Waals surface area (Å²) in [6.07, 6.45) is -0.577. The Morgan fingerprint density at radius 3 is 2.03 bits per heavy atom. The number of carbonyl (C=O) groups excluding carboxylic acids is 2. The van der Waals surface area contributed by atoms with Crippen LogP contribution in [0.15, 0.2) is 48.5 Å². The third kappa shape index (κ3) is 8.61. The molecular formula is C23H26N4O9S. The number of thiol groups is 1. The van der Waals surface area contributed by atoms with Crippen LogP contribution in [-0.4, -0.2) is 64.5 Å². The van der Waals surface area contributed by atoms with Crippen molar-refractivity contribution >= 4 is 36.2 Å². The molecule has 1 N–H and O–H groups in total. The molecule has 0 aromatic heterocycles. The summed E-state index contributed by atoms with van der Waals surface area (Å²) >= 11 is 4.46. The van der Waals surface area contributed by atoms with Crippen molar-refractivity contribution in [3.63, 3.8) is 0 Å². The van der Waals surface area contributed by atoms with E-state index in [1.54, 1.807) is 0 Å². The summed E-state index contributed by atoms with van der Waals surface area (Å²) in [6.45, 7) is 0.927. The highest BCUT2D eigenvalue weighted by molar-refractivity contribution is 7.81. The summed E-state index contributed by atoms with van der Waals surface area (Å²) in [6, 6.07) is 11.2. The normalized spacial score (nSPS) is 16.7.